The molecule has 0 aliphatic carbocycles. The van der Waals surface area contributed by atoms with Crippen LogP contribution in [0.4, 0.5) is 0 Å². The summed E-state index contributed by atoms with van der Waals surface area (Å²) in [6, 6.07) is 25.7. The number of phenols is 4. The second-order valence-electron chi connectivity index (χ2n) is 21.2. The number of hydrogen-bond donors (Lipinski definition) is 4. The van der Waals surface area contributed by atoms with Crippen LogP contribution in [0, 0.1) is 0 Å². The molecule has 0 fully saturated rings. The van der Waals surface area contributed by atoms with Crippen LogP contribution in [0.2, 0.25) is 0 Å². The summed E-state index contributed by atoms with van der Waals surface area (Å²) in [5.41, 5.74) is 3.39. The van der Waals surface area contributed by atoms with Gasteiger partial charge in [-0.05, 0) is 92.8 Å². The average molecular weight is 908 g/mol. The van der Waals surface area contributed by atoms with Crippen molar-refractivity contribution in [3.8, 4) is 23.0 Å². The highest BCUT2D eigenvalue weighted by atomic mass is 32.2. The highest BCUT2D eigenvalue weighted by Gasteiger charge is 2.42. The lowest BCUT2D eigenvalue weighted by Gasteiger charge is -2.40. The van der Waals surface area contributed by atoms with Crippen molar-refractivity contribution in [2.75, 3.05) is 7.11 Å². The van der Waals surface area contributed by atoms with Crippen LogP contribution in [0.1, 0.15) is 129 Å². The number of esters is 1. The Balaban J connectivity index is 1.74. The van der Waals surface area contributed by atoms with Gasteiger partial charge in [0.05, 0.1) is 36.5 Å². The van der Waals surface area contributed by atoms with Gasteiger partial charge in [0, 0.05) is 30.6 Å². The molecule has 0 amide bonds. The molecule has 1 aliphatic rings. The minimum absolute atomic E-state index is 0.0323. The minimum atomic E-state index is -1.29. The Labute approximate surface area is 388 Å². The molecular weight excluding hydrogens is 843 g/mol. The lowest BCUT2D eigenvalue weighted by molar-refractivity contribution is -0.155. The second-order valence-corrected chi connectivity index (χ2v) is 24.4. The summed E-state index contributed by atoms with van der Waals surface area (Å²) in [6.07, 6.45) is 0.285. The predicted octanol–water partition coefficient (Wildman–Crippen LogP) is 13.6. The molecule has 6 rings (SSSR count). The Morgan fingerprint density at radius 2 is 0.810 bits per heavy atom. The summed E-state index contributed by atoms with van der Waals surface area (Å²) >= 11 is 3.89. The quantitative estimate of drug-likeness (QED) is 0.130. The molecule has 8 bridgehead atoms. The summed E-state index contributed by atoms with van der Waals surface area (Å²) < 4.78 is 5.61. The molecule has 0 unspecified atom stereocenters. The molecule has 63 heavy (non-hydrogen) atoms. The van der Waals surface area contributed by atoms with Crippen LogP contribution in [-0.4, -0.2) is 43.9 Å². The molecule has 0 aromatic heterocycles. The Morgan fingerprint density at radius 3 is 1.11 bits per heavy atom. The molecule has 1 atom stereocenters. The van der Waals surface area contributed by atoms with Gasteiger partial charge >= 0.3 is 5.97 Å². The summed E-state index contributed by atoms with van der Waals surface area (Å²) in [5, 5.41) is 49.5. The lowest BCUT2D eigenvalue weighted by atomic mass is 9.84. The minimum Gasteiger partial charge on any atom is -0.506 e. The highest BCUT2D eigenvalue weighted by Crippen LogP contribution is 2.53. The number of carbonyl (C=O) groups is 1. The van der Waals surface area contributed by atoms with Gasteiger partial charge in [-0.15, -0.1) is 0 Å². The van der Waals surface area contributed by atoms with E-state index in [-0.39, 0.29) is 64.2 Å². The van der Waals surface area contributed by atoms with Crippen molar-refractivity contribution in [2.24, 2.45) is 0 Å². The first kappa shape index (κ1) is 48.2. The van der Waals surface area contributed by atoms with Gasteiger partial charge in [-0.1, -0.05) is 161 Å². The fourth-order valence-electron chi connectivity index (χ4n) is 7.63. The number of hydrogen-bond acceptors (Lipinski definition) is 10. The van der Waals surface area contributed by atoms with E-state index >= 15 is 0 Å². The molecule has 1 heterocycles. The number of phenolic OH excluding ortho intramolecular Hbond substituents is 4. The first-order valence-corrected chi connectivity index (χ1v) is 23.9. The molecular formula is C53H65NO6S3. The van der Waals surface area contributed by atoms with Crippen molar-refractivity contribution < 1.29 is 30.0 Å². The normalized spacial score (nSPS) is 15.3. The lowest BCUT2D eigenvalue weighted by Crippen LogP contribution is -2.54. The third-order valence-electron chi connectivity index (χ3n) is 11.9. The van der Waals surface area contributed by atoms with Crippen molar-refractivity contribution >= 4 is 41.3 Å². The van der Waals surface area contributed by atoms with E-state index in [0.29, 0.717) is 40.5 Å². The SMILES string of the molecule is COC(=O)[C@](C)(Cc1ccccc1)N1Cc2cc(C(C)(C)C)cc(c2O)Sc2cc(C(C)(C)C)cc(c2O)Sc2cc(C(C)(C)C)cc(c2O)Sc2cc(C(C)(C)C)cc(c2O)C1. The largest absolute Gasteiger partial charge is 0.506 e. The Kier molecular flexibility index (Phi) is 13.5. The van der Waals surface area contributed by atoms with E-state index in [1.807, 2.05) is 90.7 Å². The maximum absolute atomic E-state index is 14.4. The van der Waals surface area contributed by atoms with Crippen LogP contribution in [0.5, 0.6) is 23.0 Å². The zero-order chi connectivity index (χ0) is 46.6. The van der Waals surface area contributed by atoms with E-state index in [9.17, 15) is 25.2 Å². The third kappa shape index (κ3) is 10.5. The topological polar surface area (TPSA) is 110 Å². The van der Waals surface area contributed by atoms with Gasteiger partial charge in [-0.3, -0.25) is 9.69 Å². The Bertz CT molecular complexity index is 2380. The number of rotatable bonds is 4. The first-order chi connectivity index (χ1) is 29.1. The smallest absolute Gasteiger partial charge is 0.326 e. The van der Waals surface area contributed by atoms with Gasteiger partial charge in [-0.2, -0.15) is 0 Å². The zero-order valence-electron chi connectivity index (χ0n) is 39.4. The van der Waals surface area contributed by atoms with E-state index in [2.05, 4.69) is 83.1 Å². The molecule has 4 N–H and O–H groups in total. The summed E-state index contributed by atoms with van der Waals surface area (Å²) in [5.74, 6) is -0.311. The fraction of sp³-hybridized carbons (Fsp3) is 0.415. The van der Waals surface area contributed by atoms with Gasteiger partial charge in [0.15, 0.2) is 0 Å². The van der Waals surface area contributed by atoms with Crippen molar-refractivity contribution in [3.63, 3.8) is 0 Å². The van der Waals surface area contributed by atoms with Crippen LogP contribution >= 0.6 is 35.3 Å². The van der Waals surface area contributed by atoms with E-state index < -0.39 is 11.5 Å². The number of methoxy groups -OCH3 is 1. The van der Waals surface area contributed by atoms with Gasteiger partial charge in [0.2, 0.25) is 0 Å². The van der Waals surface area contributed by atoms with Crippen molar-refractivity contribution in [1.82, 2.24) is 4.90 Å². The number of aromatic hydroxyl groups is 4. The molecule has 1 aliphatic heterocycles. The van der Waals surface area contributed by atoms with E-state index in [1.54, 1.807) is 0 Å². The van der Waals surface area contributed by atoms with Crippen molar-refractivity contribution in [3.05, 3.63) is 118 Å². The van der Waals surface area contributed by atoms with E-state index in [1.165, 1.54) is 42.4 Å². The molecule has 7 nitrogen and oxygen atoms in total. The summed E-state index contributed by atoms with van der Waals surface area (Å²) in [7, 11) is 1.39. The maximum atomic E-state index is 14.4. The summed E-state index contributed by atoms with van der Waals surface area (Å²) in [6.45, 7) is 27.5. The second kappa shape index (κ2) is 17.6. The van der Waals surface area contributed by atoms with Crippen LogP contribution in [-0.2, 0) is 50.7 Å². The third-order valence-corrected chi connectivity index (χ3v) is 15.1. The Morgan fingerprint density at radius 1 is 0.508 bits per heavy atom. The molecule has 0 spiro atoms. The van der Waals surface area contributed by atoms with Crippen LogP contribution in [0.15, 0.2) is 108 Å². The molecule has 336 valence electrons. The number of carbonyl (C=O) groups excluding carboxylic acids is 1. The molecule has 0 saturated carbocycles. The average Bonchev–Trinajstić information content (AvgIpc) is 3.17. The number of ether oxygens (including phenoxy) is 1. The van der Waals surface area contributed by atoms with E-state index in [4.69, 9.17) is 4.74 Å². The highest BCUT2D eigenvalue weighted by molar-refractivity contribution is 8.01. The van der Waals surface area contributed by atoms with Gasteiger partial charge in [0.25, 0.3) is 0 Å². The maximum Gasteiger partial charge on any atom is 0.326 e. The van der Waals surface area contributed by atoms with E-state index in [0.717, 1.165) is 27.8 Å². The first-order valence-electron chi connectivity index (χ1n) is 21.5. The molecule has 5 aromatic carbocycles. The molecule has 0 saturated heterocycles. The number of nitrogens with zero attached hydrogens (tertiary/aromatic N) is 1. The number of fused-ring (bicyclic) bond motifs is 8. The molecule has 0 radical (unpaired) electrons. The Hall–Kier alpha value is -4.22. The summed E-state index contributed by atoms with van der Waals surface area (Å²) in [4.78, 5) is 19.7. The predicted molar refractivity (Wildman–Crippen MR) is 259 cm³/mol. The van der Waals surface area contributed by atoms with Crippen molar-refractivity contribution in [2.45, 2.75) is 166 Å². The number of benzene rings is 5. The zero-order valence-corrected chi connectivity index (χ0v) is 41.9. The van der Waals surface area contributed by atoms with Crippen LogP contribution < -0.4 is 0 Å². The van der Waals surface area contributed by atoms with Crippen molar-refractivity contribution in [1.29, 1.82) is 0 Å². The molecule has 5 aromatic rings. The van der Waals surface area contributed by atoms with Crippen LogP contribution in [0.25, 0.3) is 0 Å². The fourth-order valence-corrected chi connectivity index (χ4v) is 10.9. The standard InChI is InChI=1S/C53H65NO6S3/c1-49(2,3)34-20-32-29-54(53(13,48(59)60-14)28-31-18-16-15-17-19-31)30-33-21-35(50(4,5)6)23-39(45(33)56)62-41-25-37(52(10,11)12)27-43(47(41)58)63-42-26-36(51(7,8)9)24-40(46(42)57)61-38(22-34)44(32)55/h15-27,55-58H,28-30H2,1-14H3/t53-/m0/s1. The molecule has 10 heteroatoms. The van der Waals surface area contributed by atoms with Crippen LogP contribution in [0.3, 0.4) is 0 Å². The van der Waals surface area contributed by atoms with Gasteiger partial charge < -0.3 is 25.2 Å². The monoisotopic (exact) mass is 907 g/mol. The van der Waals surface area contributed by atoms with Gasteiger partial charge in [-0.25, -0.2) is 0 Å². The van der Waals surface area contributed by atoms with Gasteiger partial charge in [0.1, 0.15) is 28.5 Å².